The summed E-state index contributed by atoms with van der Waals surface area (Å²) < 4.78 is 22.7. The molecular weight excluding hydrogens is 335 g/mol. The van der Waals surface area contributed by atoms with Gasteiger partial charge in [0.25, 0.3) is 0 Å². The van der Waals surface area contributed by atoms with Gasteiger partial charge in [0, 0.05) is 10.6 Å². The number of carbonyl (C=O) groups is 1. The monoisotopic (exact) mass is 348 g/mol. The maximum atomic E-state index is 11.9. The zero-order valence-electron chi connectivity index (χ0n) is 11.3. The van der Waals surface area contributed by atoms with Crippen molar-refractivity contribution in [1.82, 2.24) is 5.43 Å². The van der Waals surface area contributed by atoms with Gasteiger partial charge in [0.15, 0.2) is 9.84 Å². The van der Waals surface area contributed by atoms with Gasteiger partial charge < -0.3 is 0 Å². The maximum Gasteiger partial charge on any atom is 0.244 e. The molecule has 1 aliphatic rings. The predicted octanol–water partition coefficient (Wildman–Crippen LogP) is 2.27. The summed E-state index contributed by atoms with van der Waals surface area (Å²) in [6.45, 7) is 1.70. The van der Waals surface area contributed by atoms with Crippen molar-refractivity contribution in [2.75, 3.05) is 11.5 Å². The van der Waals surface area contributed by atoms with Crippen molar-refractivity contribution in [3.63, 3.8) is 0 Å². The van der Waals surface area contributed by atoms with Gasteiger partial charge in [0.05, 0.1) is 28.2 Å². The van der Waals surface area contributed by atoms with Crippen LogP contribution in [-0.4, -0.2) is 31.5 Å². The van der Waals surface area contributed by atoms with E-state index in [-0.39, 0.29) is 17.4 Å². The van der Waals surface area contributed by atoms with Crippen molar-refractivity contribution in [2.45, 2.75) is 13.3 Å². The lowest BCUT2D eigenvalue weighted by Crippen LogP contribution is -2.28. The standard InChI is InChI=1S/C13H14Cl2N2O3S/c1-8(11-3-2-10(14)6-12(11)15)16-17-13(18)9-4-5-21(19,20)7-9/h2-3,6,9H,4-5,7H2,1H3,(H,17,18)/b16-8-/t9-/m0/s1. The molecule has 1 fully saturated rings. The van der Waals surface area contributed by atoms with Crippen molar-refractivity contribution in [1.29, 1.82) is 0 Å². The molecule has 5 nitrogen and oxygen atoms in total. The van der Waals surface area contributed by atoms with E-state index in [1.54, 1.807) is 25.1 Å². The molecule has 0 bridgehead atoms. The largest absolute Gasteiger partial charge is 0.273 e. The Morgan fingerprint density at radius 2 is 2.10 bits per heavy atom. The normalized spacial score (nSPS) is 21.3. The Kier molecular flexibility index (Phi) is 4.91. The van der Waals surface area contributed by atoms with Gasteiger partial charge in [-0.2, -0.15) is 5.10 Å². The van der Waals surface area contributed by atoms with E-state index in [0.717, 1.165) is 0 Å². The number of halogens is 2. The number of benzene rings is 1. The van der Waals surface area contributed by atoms with E-state index in [0.29, 0.717) is 27.7 Å². The van der Waals surface area contributed by atoms with Crippen molar-refractivity contribution >= 4 is 44.7 Å². The van der Waals surface area contributed by atoms with Gasteiger partial charge in [-0.1, -0.05) is 29.3 Å². The minimum atomic E-state index is -3.09. The molecule has 0 aliphatic carbocycles. The number of amides is 1. The van der Waals surface area contributed by atoms with Crippen LogP contribution in [0.25, 0.3) is 0 Å². The van der Waals surface area contributed by atoms with Crippen LogP contribution in [0.5, 0.6) is 0 Å². The third kappa shape index (κ3) is 4.18. The summed E-state index contributed by atoms with van der Waals surface area (Å²) in [5.41, 5.74) is 3.57. The van der Waals surface area contributed by atoms with Gasteiger partial charge in [0.1, 0.15) is 0 Å². The lowest BCUT2D eigenvalue weighted by molar-refractivity contribution is -0.124. The molecule has 1 atom stereocenters. The molecular formula is C13H14Cl2N2O3S. The van der Waals surface area contributed by atoms with Crippen LogP contribution in [0.2, 0.25) is 10.0 Å². The number of hydrogen-bond acceptors (Lipinski definition) is 4. The van der Waals surface area contributed by atoms with Crippen molar-refractivity contribution in [3.8, 4) is 0 Å². The SMILES string of the molecule is C/C(=N/NC(=O)[C@H]1CCS(=O)(=O)C1)c1ccc(Cl)cc1Cl. The van der Waals surface area contributed by atoms with Crippen molar-refractivity contribution in [3.05, 3.63) is 33.8 Å². The highest BCUT2D eigenvalue weighted by Gasteiger charge is 2.32. The van der Waals surface area contributed by atoms with Crippen LogP contribution in [0.3, 0.4) is 0 Å². The molecule has 1 saturated heterocycles. The lowest BCUT2D eigenvalue weighted by Gasteiger charge is -2.08. The Morgan fingerprint density at radius 1 is 1.38 bits per heavy atom. The smallest absolute Gasteiger partial charge is 0.244 e. The molecule has 114 valence electrons. The second kappa shape index (κ2) is 6.34. The van der Waals surface area contributed by atoms with Crippen LogP contribution in [-0.2, 0) is 14.6 Å². The molecule has 1 aromatic carbocycles. The van der Waals surface area contributed by atoms with Crippen molar-refractivity contribution in [2.24, 2.45) is 11.0 Å². The molecule has 8 heteroatoms. The summed E-state index contributed by atoms with van der Waals surface area (Å²) in [5, 5.41) is 4.91. The van der Waals surface area contributed by atoms with Crippen LogP contribution in [0.4, 0.5) is 0 Å². The first-order valence-electron chi connectivity index (χ1n) is 6.28. The lowest BCUT2D eigenvalue weighted by atomic mass is 10.1. The summed E-state index contributed by atoms with van der Waals surface area (Å²) >= 11 is 11.9. The maximum absolute atomic E-state index is 11.9. The molecule has 1 aromatic rings. The molecule has 0 spiro atoms. The average Bonchev–Trinajstić information content (AvgIpc) is 2.76. The van der Waals surface area contributed by atoms with Crippen LogP contribution in [0.15, 0.2) is 23.3 Å². The molecule has 0 aromatic heterocycles. The Morgan fingerprint density at radius 3 is 2.67 bits per heavy atom. The van der Waals surface area contributed by atoms with Gasteiger partial charge >= 0.3 is 0 Å². The highest BCUT2D eigenvalue weighted by molar-refractivity contribution is 7.91. The fourth-order valence-corrected chi connectivity index (χ4v) is 4.36. The summed E-state index contributed by atoms with van der Waals surface area (Å²) in [6, 6.07) is 4.96. The van der Waals surface area contributed by atoms with E-state index >= 15 is 0 Å². The van der Waals surface area contributed by atoms with Crippen LogP contribution < -0.4 is 5.43 Å². The van der Waals surface area contributed by atoms with Gasteiger partial charge in [-0.15, -0.1) is 0 Å². The van der Waals surface area contributed by atoms with E-state index in [1.807, 2.05) is 0 Å². The number of hydrazone groups is 1. The first-order valence-corrected chi connectivity index (χ1v) is 8.86. The molecule has 0 radical (unpaired) electrons. The third-order valence-corrected chi connectivity index (χ3v) is 5.57. The molecule has 1 heterocycles. The fraction of sp³-hybridized carbons (Fsp3) is 0.385. The quantitative estimate of drug-likeness (QED) is 0.672. The molecule has 0 saturated carbocycles. The van der Waals surface area contributed by atoms with E-state index in [2.05, 4.69) is 10.5 Å². The first kappa shape index (κ1) is 16.3. The molecule has 1 N–H and O–H groups in total. The van der Waals surface area contributed by atoms with Crippen LogP contribution in [0.1, 0.15) is 18.9 Å². The second-order valence-electron chi connectivity index (χ2n) is 4.90. The number of rotatable bonds is 3. The molecule has 0 unspecified atom stereocenters. The summed E-state index contributed by atoms with van der Waals surface area (Å²) in [7, 11) is -3.09. The molecule has 21 heavy (non-hydrogen) atoms. The van der Waals surface area contributed by atoms with Gasteiger partial charge in [-0.05, 0) is 25.5 Å². The van der Waals surface area contributed by atoms with Gasteiger partial charge in [-0.25, -0.2) is 13.8 Å². The fourth-order valence-electron chi connectivity index (χ4n) is 2.08. The Balaban J connectivity index is 2.05. The number of nitrogens with one attached hydrogen (secondary N) is 1. The third-order valence-electron chi connectivity index (χ3n) is 3.26. The minimum Gasteiger partial charge on any atom is -0.273 e. The molecule has 1 aliphatic heterocycles. The Bertz CT molecular complexity index is 701. The predicted molar refractivity (Wildman–Crippen MR) is 83.6 cm³/mol. The van der Waals surface area contributed by atoms with Crippen LogP contribution >= 0.6 is 23.2 Å². The van der Waals surface area contributed by atoms with E-state index in [9.17, 15) is 13.2 Å². The summed E-state index contributed by atoms with van der Waals surface area (Å²) in [6.07, 6.45) is 0.338. The van der Waals surface area contributed by atoms with E-state index in [4.69, 9.17) is 23.2 Å². The molecule has 2 rings (SSSR count). The summed E-state index contributed by atoms with van der Waals surface area (Å²) in [4.78, 5) is 11.9. The first-order chi connectivity index (χ1) is 9.78. The second-order valence-corrected chi connectivity index (χ2v) is 7.97. The summed E-state index contributed by atoms with van der Waals surface area (Å²) in [5.74, 6) is -0.987. The number of carbonyl (C=O) groups excluding carboxylic acids is 1. The number of nitrogens with zero attached hydrogens (tertiary/aromatic N) is 1. The van der Waals surface area contributed by atoms with Crippen LogP contribution in [0, 0.1) is 5.92 Å². The van der Waals surface area contributed by atoms with Gasteiger partial charge in [0.2, 0.25) is 5.91 Å². The minimum absolute atomic E-state index is 0.0524. The molecule has 1 amide bonds. The highest BCUT2D eigenvalue weighted by Crippen LogP contribution is 2.22. The number of sulfone groups is 1. The zero-order valence-corrected chi connectivity index (χ0v) is 13.6. The van der Waals surface area contributed by atoms with Crippen molar-refractivity contribution < 1.29 is 13.2 Å². The Labute approximate surface area is 133 Å². The van der Waals surface area contributed by atoms with E-state index in [1.165, 1.54) is 0 Å². The highest BCUT2D eigenvalue weighted by atomic mass is 35.5. The van der Waals surface area contributed by atoms with E-state index < -0.39 is 15.8 Å². The zero-order chi connectivity index (χ0) is 15.6. The average molecular weight is 349 g/mol. The van der Waals surface area contributed by atoms with Gasteiger partial charge in [-0.3, -0.25) is 4.79 Å². The number of hydrogen-bond donors (Lipinski definition) is 1. The Hall–Kier alpha value is -1.11. The topological polar surface area (TPSA) is 75.6 Å².